The zero-order valence-electron chi connectivity index (χ0n) is 17.5. The van der Waals surface area contributed by atoms with Crippen molar-refractivity contribution in [3.63, 3.8) is 0 Å². The summed E-state index contributed by atoms with van der Waals surface area (Å²) < 4.78 is 5.95. The number of thioether (sulfide) groups is 1. The average molecular weight is 548 g/mol. The highest BCUT2D eigenvalue weighted by Crippen LogP contribution is 2.41. The predicted octanol–water partition coefficient (Wildman–Crippen LogP) is 6.19. The van der Waals surface area contributed by atoms with Crippen LogP contribution in [-0.2, 0) is 4.79 Å². The van der Waals surface area contributed by atoms with Gasteiger partial charge in [-0.2, -0.15) is 0 Å². The van der Waals surface area contributed by atoms with E-state index in [2.05, 4.69) is 29.5 Å². The monoisotopic (exact) mass is 548 g/mol. The molecular formula is C24H25IN2O3S. The molecule has 0 aromatic heterocycles. The maximum absolute atomic E-state index is 13.5. The van der Waals surface area contributed by atoms with Crippen LogP contribution in [0.5, 0.6) is 11.5 Å². The Morgan fingerprint density at radius 1 is 1.23 bits per heavy atom. The fourth-order valence-corrected chi connectivity index (χ4v) is 5.80. The Bertz CT molecular complexity index is 1040. The van der Waals surface area contributed by atoms with Gasteiger partial charge in [-0.05, 0) is 89.0 Å². The minimum atomic E-state index is 0.000445. The summed E-state index contributed by atoms with van der Waals surface area (Å²) in [5.74, 6) is 0.943. The minimum Gasteiger partial charge on any atom is -0.504 e. The summed E-state index contributed by atoms with van der Waals surface area (Å²) in [7, 11) is 1.52. The van der Waals surface area contributed by atoms with E-state index in [1.54, 1.807) is 6.07 Å². The Kier molecular flexibility index (Phi) is 6.91. The van der Waals surface area contributed by atoms with Gasteiger partial charge in [0.05, 0.1) is 21.3 Å². The number of para-hydroxylation sites is 1. The first kappa shape index (κ1) is 22.2. The molecule has 0 radical (unpaired) electrons. The van der Waals surface area contributed by atoms with Gasteiger partial charge in [0.2, 0.25) is 0 Å². The number of methoxy groups -OCH3 is 1. The Balaban J connectivity index is 1.74. The molecule has 162 valence electrons. The highest BCUT2D eigenvalue weighted by molar-refractivity contribution is 14.1. The predicted molar refractivity (Wildman–Crippen MR) is 135 cm³/mol. The van der Waals surface area contributed by atoms with Crippen molar-refractivity contribution >= 4 is 57.2 Å². The van der Waals surface area contributed by atoms with Gasteiger partial charge >= 0.3 is 0 Å². The number of aliphatic imine (C=N–C) groups is 1. The van der Waals surface area contributed by atoms with Crippen molar-refractivity contribution in [2.45, 2.75) is 38.6 Å². The van der Waals surface area contributed by atoms with Gasteiger partial charge in [-0.3, -0.25) is 9.69 Å². The molecule has 0 spiro atoms. The molecule has 0 unspecified atom stereocenters. The highest BCUT2D eigenvalue weighted by atomic mass is 127. The van der Waals surface area contributed by atoms with Crippen molar-refractivity contribution in [3.8, 4) is 11.5 Å². The third-order valence-corrected chi connectivity index (χ3v) is 7.59. The number of aromatic hydroxyl groups is 1. The normalized spacial score (nSPS) is 24.2. The van der Waals surface area contributed by atoms with Gasteiger partial charge in [0.1, 0.15) is 0 Å². The topological polar surface area (TPSA) is 62.1 Å². The molecule has 1 heterocycles. The van der Waals surface area contributed by atoms with Gasteiger partial charge < -0.3 is 9.84 Å². The van der Waals surface area contributed by atoms with Crippen LogP contribution < -0.4 is 4.74 Å². The van der Waals surface area contributed by atoms with Crippen LogP contribution in [0.1, 0.15) is 38.2 Å². The maximum atomic E-state index is 13.5. The number of carbonyl (C=O) groups excluding carboxylic acids is 1. The summed E-state index contributed by atoms with van der Waals surface area (Å²) in [5.41, 5.74) is 1.65. The van der Waals surface area contributed by atoms with Crippen molar-refractivity contribution in [1.29, 1.82) is 0 Å². The van der Waals surface area contributed by atoms with Gasteiger partial charge in [0.25, 0.3) is 5.91 Å². The van der Waals surface area contributed by atoms with Crippen LogP contribution >= 0.6 is 34.4 Å². The number of benzene rings is 2. The minimum absolute atomic E-state index is 0.000445. The van der Waals surface area contributed by atoms with Crippen LogP contribution in [0, 0.1) is 9.49 Å². The molecule has 1 saturated carbocycles. The third kappa shape index (κ3) is 4.77. The third-order valence-electron chi connectivity index (χ3n) is 5.78. The number of phenols is 1. The largest absolute Gasteiger partial charge is 0.504 e. The van der Waals surface area contributed by atoms with Gasteiger partial charge in [-0.1, -0.05) is 38.0 Å². The first-order chi connectivity index (χ1) is 15.0. The fraction of sp³-hybridized carbons (Fsp3) is 0.333. The van der Waals surface area contributed by atoms with Crippen LogP contribution in [0.25, 0.3) is 6.08 Å². The molecule has 2 aliphatic rings. The van der Waals surface area contributed by atoms with E-state index < -0.39 is 0 Å². The van der Waals surface area contributed by atoms with Crippen molar-refractivity contribution in [2.75, 3.05) is 7.11 Å². The lowest BCUT2D eigenvalue weighted by molar-refractivity contribution is -0.124. The molecular weight excluding hydrogens is 523 g/mol. The van der Waals surface area contributed by atoms with E-state index in [0.717, 1.165) is 35.7 Å². The number of nitrogens with zero attached hydrogens (tertiary/aromatic N) is 2. The highest BCUT2D eigenvalue weighted by Gasteiger charge is 2.41. The van der Waals surface area contributed by atoms with Gasteiger partial charge in [0, 0.05) is 6.04 Å². The van der Waals surface area contributed by atoms with Crippen molar-refractivity contribution in [2.24, 2.45) is 10.9 Å². The standard InChI is InChI=1S/C24H25IN2O3S/c1-15-8-6-7-11-19(15)27-23(29)21(31-24(27)26-17-9-4-3-5-10-17)14-16-12-18(25)22(28)20(13-16)30-2/h3-5,9-10,12-15,19,28H,6-8,11H2,1-2H3/b21-14-,26-24?/t15-,19-/m0/s1. The van der Waals surface area contributed by atoms with Crippen molar-refractivity contribution in [3.05, 3.63) is 56.5 Å². The summed E-state index contributed by atoms with van der Waals surface area (Å²) >= 11 is 3.48. The molecule has 1 N–H and O–H groups in total. The summed E-state index contributed by atoms with van der Waals surface area (Å²) in [6, 6.07) is 13.5. The fourth-order valence-electron chi connectivity index (χ4n) is 4.13. The van der Waals surface area contributed by atoms with Crippen molar-refractivity contribution < 1.29 is 14.6 Å². The molecule has 2 fully saturated rings. The lowest BCUT2D eigenvalue weighted by atomic mass is 9.85. The molecule has 5 nitrogen and oxygen atoms in total. The van der Waals surface area contributed by atoms with E-state index >= 15 is 0 Å². The van der Waals surface area contributed by atoms with Crippen molar-refractivity contribution in [1.82, 2.24) is 4.90 Å². The first-order valence-corrected chi connectivity index (χ1v) is 12.3. The molecule has 2 atom stereocenters. The van der Waals surface area contributed by atoms with E-state index in [9.17, 15) is 9.90 Å². The molecule has 1 amide bonds. The average Bonchev–Trinajstić information content (AvgIpc) is 3.06. The van der Waals surface area contributed by atoms with E-state index in [4.69, 9.17) is 9.73 Å². The quantitative estimate of drug-likeness (QED) is 0.366. The molecule has 31 heavy (non-hydrogen) atoms. The number of halogens is 1. The molecule has 7 heteroatoms. The number of phenolic OH excluding ortho intramolecular Hbond substituents is 1. The van der Waals surface area contributed by atoms with Crippen LogP contribution in [0.15, 0.2) is 52.4 Å². The van der Waals surface area contributed by atoms with E-state index in [0.29, 0.717) is 20.1 Å². The molecule has 2 aromatic carbocycles. The lowest BCUT2D eigenvalue weighted by Crippen LogP contribution is -2.44. The zero-order valence-corrected chi connectivity index (χ0v) is 20.5. The molecule has 1 aliphatic heterocycles. The number of rotatable bonds is 4. The number of hydrogen-bond donors (Lipinski definition) is 1. The summed E-state index contributed by atoms with van der Waals surface area (Å²) in [5, 5.41) is 10.9. The van der Waals surface area contributed by atoms with E-state index in [1.165, 1.54) is 25.3 Å². The molecule has 2 aromatic rings. The Morgan fingerprint density at radius 2 is 1.97 bits per heavy atom. The van der Waals surface area contributed by atoms with Crippen LogP contribution in [0.3, 0.4) is 0 Å². The lowest BCUT2D eigenvalue weighted by Gasteiger charge is -2.35. The SMILES string of the molecule is COc1cc(/C=C2\SC(=Nc3ccccc3)N([C@H]3CCCC[C@@H]3C)C2=O)cc(I)c1O. The smallest absolute Gasteiger partial charge is 0.267 e. The zero-order chi connectivity index (χ0) is 22.0. The van der Waals surface area contributed by atoms with Crippen LogP contribution in [0.4, 0.5) is 5.69 Å². The van der Waals surface area contributed by atoms with Gasteiger partial charge in [-0.25, -0.2) is 4.99 Å². The Hall–Kier alpha value is -2.00. The number of amidine groups is 1. The molecule has 1 aliphatic carbocycles. The van der Waals surface area contributed by atoms with Crippen LogP contribution in [-0.4, -0.2) is 34.2 Å². The molecule has 4 rings (SSSR count). The number of amides is 1. The summed E-state index contributed by atoms with van der Waals surface area (Å²) in [4.78, 5) is 20.9. The number of hydrogen-bond acceptors (Lipinski definition) is 5. The first-order valence-electron chi connectivity index (χ1n) is 10.4. The second-order valence-corrected chi connectivity index (χ2v) is 10.1. The second-order valence-electron chi connectivity index (χ2n) is 7.90. The molecule has 1 saturated heterocycles. The summed E-state index contributed by atoms with van der Waals surface area (Å²) in [6.45, 7) is 2.23. The maximum Gasteiger partial charge on any atom is 0.267 e. The number of ether oxygens (including phenoxy) is 1. The number of carbonyl (C=O) groups is 1. The second kappa shape index (κ2) is 9.65. The van der Waals surface area contributed by atoms with Crippen LogP contribution in [0.2, 0.25) is 0 Å². The van der Waals surface area contributed by atoms with E-state index in [-0.39, 0.29) is 17.7 Å². The summed E-state index contributed by atoms with van der Waals surface area (Å²) in [6.07, 6.45) is 6.34. The Morgan fingerprint density at radius 3 is 2.68 bits per heavy atom. The molecule has 0 bridgehead atoms. The van der Waals surface area contributed by atoms with Gasteiger partial charge in [-0.15, -0.1) is 0 Å². The van der Waals surface area contributed by atoms with E-state index in [1.807, 2.05) is 47.4 Å². The Labute approximate surface area is 200 Å². The van der Waals surface area contributed by atoms with Gasteiger partial charge in [0.15, 0.2) is 16.7 Å².